The third kappa shape index (κ3) is 2.96. The molecule has 0 aliphatic carbocycles. The second-order valence-corrected chi connectivity index (χ2v) is 4.77. The van der Waals surface area contributed by atoms with Crippen LogP contribution in [0.15, 0.2) is 0 Å². The summed E-state index contributed by atoms with van der Waals surface area (Å²) in [7, 11) is -0.653. The zero-order valence-corrected chi connectivity index (χ0v) is 10.1. The largest absolute Gasteiger partial charge is 0.437 e. The van der Waals surface area contributed by atoms with E-state index in [0.717, 1.165) is 0 Å². The van der Waals surface area contributed by atoms with E-state index >= 15 is 0 Å². The highest BCUT2D eigenvalue weighted by molar-refractivity contribution is 6.45. The van der Waals surface area contributed by atoms with E-state index in [4.69, 9.17) is 5.11 Å². The second-order valence-electron chi connectivity index (χ2n) is 4.77. The van der Waals surface area contributed by atoms with Gasteiger partial charge in [0.25, 0.3) is 0 Å². The van der Waals surface area contributed by atoms with Crippen LogP contribution in [0.4, 0.5) is 0 Å². The summed E-state index contributed by atoms with van der Waals surface area (Å²) in [5.74, 6) is 0.0673. The number of carbonyl (C=O) groups is 1. The molecule has 1 aliphatic heterocycles. The number of amides is 1. The number of rotatable bonds is 5. The molecule has 1 rings (SSSR count). The van der Waals surface area contributed by atoms with Crippen molar-refractivity contribution in [2.45, 2.75) is 39.2 Å². The predicted molar refractivity (Wildman–Crippen MR) is 62.7 cm³/mol. The lowest BCUT2D eigenvalue weighted by Gasteiger charge is -2.26. The van der Waals surface area contributed by atoms with Gasteiger partial charge in [0.05, 0.1) is 5.92 Å². The molecule has 16 heavy (non-hydrogen) atoms. The van der Waals surface area contributed by atoms with Crippen LogP contribution >= 0.6 is 0 Å². The van der Waals surface area contributed by atoms with Gasteiger partial charge in [-0.2, -0.15) is 0 Å². The average Bonchev–Trinajstić information content (AvgIpc) is 2.42. The quantitative estimate of drug-likeness (QED) is 0.465. The van der Waals surface area contributed by atoms with Gasteiger partial charge >= 0.3 is 7.05 Å². The second kappa shape index (κ2) is 5.66. The first-order chi connectivity index (χ1) is 7.47. The highest BCUT2D eigenvalue weighted by atomic mass is 16.3. The van der Waals surface area contributed by atoms with Gasteiger partial charge in [-0.3, -0.25) is 4.79 Å². The molecule has 0 aromatic carbocycles. The lowest BCUT2D eigenvalue weighted by Crippen LogP contribution is -2.50. The number of aliphatic hydroxyl groups excluding tert-OH is 1. The SMILES string of the molecule is CB(O)NC1[C@H](C(C)C)C(=O)N[C@@H]1CCO. The van der Waals surface area contributed by atoms with Crippen molar-refractivity contribution in [1.29, 1.82) is 0 Å². The van der Waals surface area contributed by atoms with Crippen molar-refractivity contribution in [2.24, 2.45) is 11.8 Å². The normalized spacial score (nSPS) is 29.6. The molecule has 3 atom stereocenters. The Hall–Kier alpha value is -0.585. The molecule has 0 aromatic rings. The number of carbonyl (C=O) groups excluding carboxylic acids is 1. The summed E-state index contributed by atoms with van der Waals surface area (Å²) < 4.78 is 0. The van der Waals surface area contributed by atoms with Crippen LogP contribution in [0.2, 0.25) is 6.82 Å². The number of aliphatic hydroxyl groups is 1. The van der Waals surface area contributed by atoms with Gasteiger partial charge < -0.3 is 20.7 Å². The minimum atomic E-state index is -0.653. The van der Waals surface area contributed by atoms with E-state index in [-0.39, 0.29) is 36.4 Å². The smallest absolute Gasteiger partial charge is 0.373 e. The first-order valence-electron chi connectivity index (χ1n) is 5.82. The van der Waals surface area contributed by atoms with Crippen LogP contribution in [0.1, 0.15) is 20.3 Å². The molecule has 1 unspecified atom stereocenters. The Balaban J connectivity index is 2.77. The van der Waals surface area contributed by atoms with E-state index in [0.29, 0.717) is 6.42 Å². The third-order valence-corrected chi connectivity index (χ3v) is 3.04. The van der Waals surface area contributed by atoms with Crippen LogP contribution in [-0.4, -0.2) is 41.8 Å². The van der Waals surface area contributed by atoms with Crippen LogP contribution in [0, 0.1) is 11.8 Å². The van der Waals surface area contributed by atoms with E-state index < -0.39 is 7.05 Å². The van der Waals surface area contributed by atoms with Gasteiger partial charge in [0.15, 0.2) is 0 Å². The Kier molecular flexibility index (Phi) is 4.77. The minimum absolute atomic E-state index is 0.00611. The summed E-state index contributed by atoms with van der Waals surface area (Å²) in [6, 6.07) is -0.209. The molecule has 1 heterocycles. The molecule has 1 aliphatic rings. The molecule has 0 bridgehead atoms. The van der Waals surface area contributed by atoms with Crippen molar-refractivity contribution < 1.29 is 14.9 Å². The van der Waals surface area contributed by atoms with Crippen molar-refractivity contribution in [2.75, 3.05) is 6.61 Å². The molecule has 0 radical (unpaired) electrons. The van der Waals surface area contributed by atoms with Crippen molar-refractivity contribution >= 4 is 13.0 Å². The molecule has 1 amide bonds. The zero-order valence-electron chi connectivity index (χ0n) is 10.1. The van der Waals surface area contributed by atoms with Crippen molar-refractivity contribution in [1.82, 2.24) is 10.5 Å². The summed E-state index contributed by atoms with van der Waals surface area (Å²) in [6.07, 6.45) is 0.513. The fraction of sp³-hybridized carbons (Fsp3) is 0.900. The Labute approximate surface area is 96.7 Å². The van der Waals surface area contributed by atoms with Gasteiger partial charge in [-0.1, -0.05) is 13.8 Å². The summed E-state index contributed by atoms with van der Waals surface area (Å²) in [6.45, 7) is 5.65. The number of hydrogen-bond donors (Lipinski definition) is 4. The molecule has 1 fully saturated rings. The fourth-order valence-corrected chi connectivity index (χ4v) is 2.39. The molecule has 0 aromatic heterocycles. The topological polar surface area (TPSA) is 81.6 Å². The first-order valence-corrected chi connectivity index (χ1v) is 5.82. The predicted octanol–water partition coefficient (Wildman–Crippen LogP) is -0.792. The van der Waals surface area contributed by atoms with Crippen LogP contribution < -0.4 is 10.5 Å². The van der Waals surface area contributed by atoms with Gasteiger partial charge in [-0.05, 0) is 19.2 Å². The van der Waals surface area contributed by atoms with E-state index in [2.05, 4.69) is 10.5 Å². The van der Waals surface area contributed by atoms with E-state index in [9.17, 15) is 9.82 Å². The Morgan fingerprint density at radius 1 is 1.56 bits per heavy atom. The zero-order chi connectivity index (χ0) is 12.3. The molecule has 6 heteroatoms. The van der Waals surface area contributed by atoms with Crippen LogP contribution in [0.5, 0.6) is 0 Å². The maximum absolute atomic E-state index is 11.8. The maximum atomic E-state index is 11.8. The molecular weight excluding hydrogens is 207 g/mol. The highest BCUT2D eigenvalue weighted by Crippen LogP contribution is 2.25. The first kappa shape index (κ1) is 13.5. The summed E-state index contributed by atoms with van der Waals surface area (Å²) in [5, 5.41) is 24.2. The third-order valence-electron chi connectivity index (χ3n) is 3.04. The summed E-state index contributed by atoms with van der Waals surface area (Å²) >= 11 is 0. The molecule has 1 saturated heterocycles. The molecule has 92 valence electrons. The molecule has 4 N–H and O–H groups in total. The molecule has 5 nitrogen and oxygen atoms in total. The Bertz CT molecular complexity index is 248. The van der Waals surface area contributed by atoms with Crippen LogP contribution in [0.3, 0.4) is 0 Å². The standard InChI is InChI=1S/C10H21BN2O3/c1-6(2)8-9(13-11(3)16)7(4-5-14)12-10(8)15/h6-9,13-14,16H,4-5H2,1-3H3,(H,12,15)/t7-,8+,9?/m1/s1. The average molecular weight is 228 g/mol. The van der Waals surface area contributed by atoms with Crippen molar-refractivity contribution in [3.63, 3.8) is 0 Å². The maximum Gasteiger partial charge on any atom is 0.373 e. The monoisotopic (exact) mass is 228 g/mol. The van der Waals surface area contributed by atoms with E-state index in [1.165, 1.54) is 0 Å². The summed E-state index contributed by atoms with van der Waals surface area (Å²) in [4.78, 5) is 11.8. The fourth-order valence-electron chi connectivity index (χ4n) is 2.39. The van der Waals surface area contributed by atoms with Gasteiger partial charge in [0.1, 0.15) is 0 Å². The van der Waals surface area contributed by atoms with Gasteiger partial charge in [-0.25, -0.2) is 0 Å². The van der Waals surface area contributed by atoms with Gasteiger partial charge in [0.2, 0.25) is 5.91 Å². The Morgan fingerprint density at radius 2 is 2.19 bits per heavy atom. The lowest BCUT2D eigenvalue weighted by atomic mass is 9.80. The van der Waals surface area contributed by atoms with Crippen LogP contribution in [-0.2, 0) is 4.79 Å². The Morgan fingerprint density at radius 3 is 2.62 bits per heavy atom. The van der Waals surface area contributed by atoms with E-state index in [1.54, 1.807) is 6.82 Å². The molecule has 0 spiro atoms. The number of hydrogen-bond acceptors (Lipinski definition) is 4. The van der Waals surface area contributed by atoms with Crippen molar-refractivity contribution in [3.8, 4) is 0 Å². The van der Waals surface area contributed by atoms with E-state index in [1.807, 2.05) is 13.8 Å². The van der Waals surface area contributed by atoms with Gasteiger partial charge in [0, 0.05) is 18.7 Å². The highest BCUT2D eigenvalue weighted by Gasteiger charge is 2.43. The molecule has 0 saturated carbocycles. The van der Waals surface area contributed by atoms with Crippen molar-refractivity contribution in [3.05, 3.63) is 0 Å². The molecular formula is C10H21BN2O3. The lowest BCUT2D eigenvalue weighted by molar-refractivity contribution is -0.123. The van der Waals surface area contributed by atoms with Gasteiger partial charge in [-0.15, -0.1) is 0 Å². The number of nitrogens with one attached hydrogen (secondary N) is 2. The summed E-state index contributed by atoms with van der Waals surface area (Å²) in [5.41, 5.74) is 0. The minimum Gasteiger partial charge on any atom is -0.437 e. The van der Waals surface area contributed by atoms with Crippen LogP contribution in [0.25, 0.3) is 0 Å².